The molecule has 1 aromatic heterocycles. The van der Waals surface area contributed by atoms with E-state index in [4.69, 9.17) is 5.73 Å². The van der Waals surface area contributed by atoms with Gasteiger partial charge in [-0.25, -0.2) is 4.39 Å². The standard InChI is InChI=1S/C11H10FNS/c12-10-4-2-1-3-9(10)11-6-5-8(7-13)14-11/h1-6H,7,13H2. The second kappa shape index (κ2) is 3.90. The summed E-state index contributed by atoms with van der Waals surface area (Å²) >= 11 is 1.54. The van der Waals surface area contributed by atoms with Gasteiger partial charge in [-0.3, -0.25) is 0 Å². The van der Waals surface area contributed by atoms with E-state index < -0.39 is 0 Å². The molecule has 0 aliphatic carbocycles. The van der Waals surface area contributed by atoms with Crippen molar-refractivity contribution in [2.24, 2.45) is 5.73 Å². The van der Waals surface area contributed by atoms with Crippen LogP contribution in [0, 0.1) is 5.82 Å². The molecule has 2 rings (SSSR count). The highest BCUT2D eigenvalue weighted by Gasteiger charge is 2.05. The van der Waals surface area contributed by atoms with Gasteiger partial charge in [-0.1, -0.05) is 18.2 Å². The van der Waals surface area contributed by atoms with E-state index in [0.29, 0.717) is 12.1 Å². The molecule has 0 unspecified atom stereocenters. The first-order valence-electron chi connectivity index (χ1n) is 4.35. The maximum atomic E-state index is 13.4. The van der Waals surface area contributed by atoms with Crippen molar-refractivity contribution in [3.63, 3.8) is 0 Å². The van der Waals surface area contributed by atoms with E-state index in [0.717, 1.165) is 9.75 Å². The minimum absolute atomic E-state index is 0.182. The zero-order valence-electron chi connectivity index (χ0n) is 7.53. The van der Waals surface area contributed by atoms with Crippen molar-refractivity contribution in [1.82, 2.24) is 0 Å². The monoisotopic (exact) mass is 207 g/mol. The van der Waals surface area contributed by atoms with Crippen molar-refractivity contribution >= 4 is 11.3 Å². The lowest BCUT2D eigenvalue weighted by Crippen LogP contribution is -1.91. The van der Waals surface area contributed by atoms with Crippen LogP contribution in [0.1, 0.15) is 4.88 Å². The van der Waals surface area contributed by atoms with E-state index >= 15 is 0 Å². The molecule has 0 saturated carbocycles. The number of halogens is 1. The zero-order chi connectivity index (χ0) is 9.97. The van der Waals surface area contributed by atoms with Crippen LogP contribution in [-0.4, -0.2) is 0 Å². The van der Waals surface area contributed by atoms with Crippen LogP contribution in [0.3, 0.4) is 0 Å². The molecule has 0 amide bonds. The zero-order valence-corrected chi connectivity index (χ0v) is 8.35. The second-order valence-corrected chi connectivity index (χ2v) is 4.12. The van der Waals surface area contributed by atoms with Crippen LogP contribution in [0.2, 0.25) is 0 Å². The highest BCUT2D eigenvalue weighted by Crippen LogP contribution is 2.29. The molecule has 0 aliphatic heterocycles. The highest BCUT2D eigenvalue weighted by molar-refractivity contribution is 7.15. The second-order valence-electron chi connectivity index (χ2n) is 2.95. The molecular formula is C11H10FNS. The summed E-state index contributed by atoms with van der Waals surface area (Å²) in [7, 11) is 0. The third-order valence-corrected chi connectivity index (χ3v) is 3.14. The van der Waals surface area contributed by atoms with Gasteiger partial charge in [-0.15, -0.1) is 11.3 Å². The van der Waals surface area contributed by atoms with E-state index in [1.807, 2.05) is 18.2 Å². The van der Waals surface area contributed by atoms with Gasteiger partial charge in [-0.2, -0.15) is 0 Å². The molecule has 0 aliphatic rings. The van der Waals surface area contributed by atoms with Crippen LogP contribution >= 0.6 is 11.3 Å². The van der Waals surface area contributed by atoms with Gasteiger partial charge in [0.25, 0.3) is 0 Å². The summed E-state index contributed by atoms with van der Waals surface area (Å²) in [5.41, 5.74) is 6.15. The summed E-state index contributed by atoms with van der Waals surface area (Å²) in [4.78, 5) is 2.01. The van der Waals surface area contributed by atoms with E-state index in [9.17, 15) is 4.39 Å². The molecule has 14 heavy (non-hydrogen) atoms. The minimum atomic E-state index is -0.182. The molecule has 0 bridgehead atoms. The number of rotatable bonds is 2. The Balaban J connectivity index is 2.44. The maximum Gasteiger partial charge on any atom is 0.131 e. The van der Waals surface area contributed by atoms with E-state index in [1.54, 1.807) is 12.1 Å². The lowest BCUT2D eigenvalue weighted by molar-refractivity contribution is 0.631. The quantitative estimate of drug-likeness (QED) is 0.804. The molecule has 2 N–H and O–H groups in total. The lowest BCUT2D eigenvalue weighted by Gasteiger charge is -1.97. The van der Waals surface area contributed by atoms with Gasteiger partial charge in [0.1, 0.15) is 5.82 Å². The predicted molar refractivity (Wildman–Crippen MR) is 57.6 cm³/mol. The molecule has 1 nitrogen and oxygen atoms in total. The molecule has 72 valence electrons. The Hall–Kier alpha value is -1.19. The summed E-state index contributed by atoms with van der Waals surface area (Å²) in [6.07, 6.45) is 0. The first kappa shape index (κ1) is 9.37. The molecule has 0 radical (unpaired) electrons. The van der Waals surface area contributed by atoms with Crippen molar-refractivity contribution in [3.05, 3.63) is 47.1 Å². The number of hydrogen-bond acceptors (Lipinski definition) is 2. The van der Waals surface area contributed by atoms with Gasteiger partial charge < -0.3 is 5.73 Å². The number of thiophene rings is 1. The molecule has 1 heterocycles. The van der Waals surface area contributed by atoms with E-state index in [-0.39, 0.29) is 5.82 Å². The molecule has 1 aromatic carbocycles. The molecule has 0 fully saturated rings. The van der Waals surface area contributed by atoms with E-state index in [2.05, 4.69) is 0 Å². The Kier molecular flexibility index (Phi) is 2.61. The van der Waals surface area contributed by atoms with Crippen molar-refractivity contribution in [2.45, 2.75) is 6.54 Å². The Labute approximate surface area is 86.0 Å². The Bertz CT molecular complexity index is 436. The van der Waals surface area contributed by atoms with Crippen molar-refractivity contribution in [3.8, 4) is 10.4 Å². The third kappa shape index (κ3) is 1.69. The van der Waals surface area contributed by atoms with Gasteiger partial charge in [-0.05, 0) is 18.2 Å². The fourth-order valence-electron chi connectivity index (χ4n) is 1.29. The van der Waals surface area contributed by atoms with Crippen LogP contribution in [0.25, 0.3) is 10.4 Å². The number of hydrogen-bond donors (Lipinski definition) is 1. The van der Waals surface area contributed by atoms with Crippen molar-refractivity contribution < 1.29 is 4.39 Å². The SMILES string of the molecule is NCc1ccc(-c2ccccc2F)s1. The van der Waals surface area contributed by atoms with Gasteiger partial charge >= 0.3 is 0 Å². The molecular weight excluding hydrogens is 197 g/mol. The van der Waals surface area contributed by atoms with Gasteiger partial charge in [0, 0.05) is 21.9 Å². The number of benzene rings is 1. The Morgan fingerprint density at radius 2 is 1.93 bits per heavy atom. The normalized spacial score (nSPS) is 10.4. The maximum absolute atomic E-state index is 13.4. The summed E-state index contributed by atoms with van der Waals surface area (Å²) < 4.78 is 13.4. The lowest BCUT2D eigenvalue weighted by atomic mass is 10.2. The van der Waals surface area contributed by atoms with Gasteiger partial charge in [0.2, 0.25) is 0 Å². The summed E-state index contributed by atoms with van der Waals surface area (Å²) in [6.45, 7) is 0.513. The Morgan fingerprint density at radius 1 is 1.14 bits per heavy atom. The predicted octanol–water partition coefficient (Wildman–Crippen LogP) is 3.01. The minimum Gasteiger partial charge on any atom is -0.326 e. The first-order valence-corrected chi connectivity index (χ1v) is 5.16. The smallest absolute Gasteiger partial charge is 0.131 e. The molecule has 0 atom stereocenters. The van der Waals surface area contributed by atoms with Crippen LogP contribution in [-0.2, 0) is 6.54 Å². The largest absolute Gasteiger partial charge is 0.326 e. The summed E-state index contributed by atoms with van der Waals surface area (Å²) in [5, 5.41) is 0. The van der Waals surface area contributed by atoms with E-state index in [1.165, 1.54) is 17.4 Å². The summed E-state index contributed by atoms with van der Waals surface area (Å²) in [6, 6.07) is 10.6. The molecule has 2 aromatic rings. The fraction of sp³-hybridized carbons (Fsp3) is 0.0909. The van der Waals surface area contributed by atoms with Crippen LogP contribution in [0.5, 0.6) is 0 Å². The average Bonchev–Trinajstić information content (AvgIpc) is 2.67. The first-order chi connectivity index (χ1) is 6.81. The van der Waals surface area contributed by atoms with Gasteiger partial charge in [0.05, 0.1) is 0 Å². The molecule has 0 spiro atoms. The fourth-order valence-corrected chi connectivity index (χ4v) is 2.21. The average molecular weight is 207 g/mol. The van der Waals surface area contributed by atoms with Crippen LogP contribution in [0.15, 0.2) is 36.4 Å². The third-order valence-electron chi connectivity index (χ3n) is 2.00. The molecule has 3 heteroatoms. The van der Waals surface area contributed by atoms with Gasteiger partial charge in [0.15, 0.2) is 0 Å². The van der Waals surface area contributed by atoms with Crippen LogP contribution < -0.4 is 5.73 Å². The van der Waals surface area contributed by atoms with Crippen molar-refractivity contribution in [1.29, 1.82) is 0 Å². The Morgan fingerprint density at radius 3 is 2.57 bits per heavy atom. The van der Waals surface area contributed by atoms with Crippen molar-refractivity contribution in [2.75, 3.05) is 0 Å². The topological polar surface area (TPSA) is 26.0 Å². The van der Waals surface area contributed by atoms with Crippen LogP contribution in [0.4, 0.5) is 4.39 Å². The summed E-state index contributed by atoms with van der Waals surface area (Å²) in [5.74, 6) is -0.182. The number of nitrogens with two attached hydrogens (primary N) is 1. The highest BCUT2D eigenvalue weighted by atomic mass is 32.1. The molecule has 0 saturated heterocycles.